The highest BCUT2D eigenvalue weighted by Crippen LogP contribution is 2.31. The number of likely N-dealkylation sites (tertiary alicyclic amines) is 1. The lowest BCUT2D eigenvalue weighted by molar-refractivity contribution is 0.0600. The lowest BCUT2D eigenvalue weighted by Crippen LogP contribution is -2.39. The monoisotopic (exact) mass is 348 g/mol. The Balaban J connectivity index is 1.59. The number of hydrogen-bond donors (Lipinski definition) is 2. The molecule has 1 amide bonds. The number of benzene rings is 1. The number of pyridine rings is 1. The van der Waals surface area contributed by atoms with Crippen LogP contribution < -0.4 is 0 Å². The molecule has 0 unspecified atom stereocenters. The Morgan fingerprint density at radius 3 is 2.77 bits per heavy atom. The summed E-state index contributed by atoms with van der Waals surface area (Å²) in [4.78, 5) is 19.4. The van der Waals surface area contributed by atoms with E-state index in [2.05, 4.69) is 15.2 Å². The number of rotatable bonds is 3. The molecule has 26 heavy (non-hydrogen) atoms. The van der Waals surface area contributed by atoms with Gasteiger partial charge in [0.2, 0.25) is 0 Å². The van der Waals surface area contributed by atoms with E-state index in [0.29, 0.717) is 17.9 Å². The number of aromatic nitrogens is 3. The molecule has 6 nitrogen and oxygen atoms in total. The second kappa shape index (κ2) is 7.00. The van der Waals surface area contributed by atoms with Crippen LogP contribution in [0, 0.1) is 0 Å². The Kier molecular flexibility index (Phi) is 4.39. The minimum atomic E-state index is -0.0575. The van der Waals surface area contributed by atoms with E-state index in [4.69, 9.17) is 0 Å². The first-order valence-electron chi connectivity index (χ1n) is 8.79. The summed E-state index contributed by atoms with van der Waals surface area (Å²) in [7, 11) is 0. The molecule has 1 saturated heterocycles. The number of amides is 1. The van der Waals surface area contributed by atoms with Crippen LogP contribution in [0.3, 0.4) is 0 Å². The second-order valence-corrected chi connectivity index (χ2v) is 6.48. The second-order valence-electron chi connectivity index (χ2n) is 6.48. The maximum Gasteiger partial charge on any atom is 0.272 e. The Hall–Kier alpha value is -3.15. The molecule has 4 rings (SSSR count). The van der Waals surface area contributed by atoms with Crippen LogP contribution in [-0.4, -0.2) is 37.6 Å². The summed E-state index contributed by atoms with van der Waals surface area (Å²) >= 11 is 0. The van der Waals surface area contributed by atoms with Crippen LogP contribution >= 0.6 is 0 Å². The number of piperidine rings is 1. The highest BCUT2D eigenvalue weighted by atomic mass is 16.3. The SMILES string of the molecule is O=C(c1cc(-c2ccc(O)cc2)n[nH]1)N1CCCC[C@H]1c1ccccn1. The van der Waals surface area contributed by atoms with Crippen LogP contribution in [0.4, 0.5) is 0 Å². The molecule has 0 aliphatic carbocycles. The average Bonchev–Trinajstić information content (AvgIpc) is 3.19. The summed E-state index contributed by atoms with van der Waals surface area (Å²) < 4.78 is 0. The molecule has 6 heteroatoms. The van der Waals surface area contributed by atoms with Gasteiger partial charge in [0, 0.05) is 18.3 Å². The van der Waals surface area contributed by atoms with Crippen molar-refractivity contribution in [2.45, 2.75) is 25.3 Å². The number of aromatic amines is 1. The van der Waals surface area contributed by atoms with Crippen molar-refractivity contribution in [3.8, 4) is 17.0 Å². The number of phenolic OH excluding ortho intramolecular Hbond substituents is 1. The number of nitrogens with one attached hydrogen (secondary N) is 1. The van der Waals surface area contributed by atoms with Crippen LogP contribution in [0.5, 0.6) is 5.75 Å². The molecule has 1 fully saturated rings. The first-order chi connectivity index (χ1) is 12.7. The van der Waals surface area contributed by atoms with Crippen molar-refractivity contribution < 1.29 is 9.90 Å². The smallest absolute Gasteiger partial charge is 0.272 e. The van der Waals surface area contributed by atoms with E-state index in [1.54, 1.807) is 36.5 Å². The first kappa shape index (κ1) is 16.3. The maximum atomic E-state index is 13.1. The van der Waals surface area contributed by atoms with Crippen LogP contribution in [0.2, 0.25) is 0 Å². The zero-order valence-electron chi connectivity index (χ0n) is 14.3. The van der Waals surface area contributed by atoms with Gasteiger partial charge in [0.25, 0.3) is 5.91 Å². The lowest BCUT2D eigenvalue weighted by Gasteiger charge is -2.35. The van der Waals surface area contributed by atoms with Crippen molar-refractivity contribution in [2.75, 3.05) is 6.54 Å². The van der Waals surface area contributed by atoms with E-state index in [-0.39, 0.29) is 17.7 Å². The molecule has 0 saturated carbocycles. The molecule has 1 aromatic carbocycles. The lowest BCUT2D eigenvalue weighted by atomic mass is 9.98. The normalized spacial score (nSPS) is 17.2. The molecule has 1 aliphatic heterocycles. The molecule has 1 aliphatic rings. The third-order valence-corrected chi connectivity index (χ3v) is 4.76. The van der Waals surface area contributed by atoms with E-state index >= 15 is 0 Å². The van der Waals surface area contributed by atoms with Crippen molar-refractivity contribution in [3.05, 3.63) is 66.1 Å². The van der Waals surface area contributed by atoms with Gasteiger partial charge in [-0.2, -0.15) is 5.10 Å². The summed E-state index contributed by atoms with van der Waals surface area (Å²) in [5.41, 5.74) is 2.92. The summed E-state index contributed by atoms with van der Waals surface area (Å²) in [6.07, 6.45) is 4.77. The fraction of sp³-hybridized carbons (Fsp3) is 0.250. The number of H-pyrrole nitrogens is 1. The third-order valence-electron chi connectivity index (χ3n) is 4.76. The highest BCUT2D eigenvalue weighted by Gasteiger charge is 2.30. The zero-order chi connectivity index (χ0) is 17.9. The fourth-order valence-electron chi connectivity index (χ4n) is 3.42. The van der Waals surface area contributed by atoms with Gasteiger partial charge < -0.3 is 10.0 Å². The summed E-state index contributed by atoms with van der Waals surface area (Å²) in [6.45, 7) is 0.716. The molecule has 1 atom stereocenters. The molecular formula is C20H20N4O2. The number of hydrogen-bond acceptors (Lipinski definition) is 4. The minimum Gasteiger partial charge on any atom is -0.508 e. The number of nitrogens with zero attached hydrogens (tertiary/aromatic N) is 3. The molecule has 132 valence electrons. The zero-order valence-corrected chi connectivity index (χ0v) is 14.3. The average molecular weight is 348 g/mol. The van der Waals surface area contributed by atoms with E-state index in [0.717, 1.165) is 30.5 Å². The number of carbonyl (C=O) groups excluding carboxylic acids is 1. The molecule has 0 radical (unpaired) electrons. The molecular weight excluding hydrogens is 328 g/mol. The van der Waals surface area contributed by atoms with Crippen molar-refractivity contribution >= 4 is 5.91 Å². The molecule has 2 aromatic heterocycles. The van der Waals surface area contributed by atoms with Gasteiger partial charge in [0.1, 0.15) is 11.4 Å². The fourth-order valence-corrected chi connectivity index (χ4v) is 3.42. The van der Waals surface area contributed by atoms with E-state index in [1.165, 1.54) is 0 Å². The highest BCUT2D eigenvalue weighted by molar-refractivity contribution is 5.93. The molecule has 2 N–H and O–H groups in total. The molecule has 0 bridgehead atoms. The Bertz CT molecular complexity index is 890. The largest absolute Gasteiger partial charge is 0.508 e. The molecule has 3 heterocycles. The Morgan fingerprint density at radius 2 is 2.00 bits per heavy atom. The van der Waals surface area contributed by atoms with Crippen LogP contribution in [-0.2, 0) is 0 Å². The van der Waals surface area contributed by atoms with Crippen molar-refractivity contribution in [1.29, 1.82) is 0 Å². The Morgan fingerprint density at radius 1 is 1.15 bits per heavy atom. The van der Waals surface area contributed by atoms with Gasteiger partial charge in [-0.1, -0.05) is 6.07 Å². The van der Waals surface area contributed by atoms with E-state index in [9.17, 15) is 9.90 Å². The molecule has 0 spiro atoms. The minimum absolute atomic E-state index is 0.00197. The van der Waals surface area contributed by atoms with Crippen LogP contribution in [0.25, 0.3) is 11.3 Å². The number of aromatic hydroxyl groups is 1. The van der Waals surface area contributed by atoms with Crippen LogP contribution in [0.15, 0.2) is 54.7 Å². The number of phenols is 1. The quantitative estimate of drug-likeness (QED) is 0.758. The van der Waals surface area contributed by atoms with E-state index in [1.807, 2.05) is 23.1 Å². The predicted octanol–water partition coefficient (Wildman–Crippen LogP) is 3.54. The van der Waals surface area contributed by atoms with Crippen molar-refractivity contribution in [3.63, 3.8) is 0 Å². The van der Waals surface area contributed by atoms with Gasteiger partial charge >= 0.3 is 0 Å². The first-order valence-corrected chi connectivity index (χ1v) is 8.79. The van der Waals surface area contributed by atoms with Gasteiger partial charge in [-0.3, -0.25) is 14.9 Å². The predicted molar refractivity (Wildman–Crippen MR) is 97.6 cm³/mol. The van der Waals surface area contributed by atoms with Gasteiger partial charge in [-0.25, -0.2) is 0 Å². The van der Waals surface area contributed by atoms with Crippen molar-refractivity contribution in [1.82, 2.24) is 20.1 Å². The van der Waals surface area contributed by atoms with Gasteiger partial charge in [-0.05, 0) is 61.7 Å². The molecule has 3 aromatic rings. The summed E-state index contributed by atoms with van der Waals surface area (Å²) in [5, 5.41) is 16.5. The van der Waals surface area contributed by atoms with E-state index < -0.39 is 0 Å². The summed E-state index contributed by atoms with van der Waals surface area (Å²) in [6, 6.07) is 14.3. The van der Waals surface area contributed by atoms with Gasteiger partial charge in [0.05, 0.1) is 17.4 Å². The Labute approximate surface area is 151 Å². The maximum absolute atomic E-state index is 13.1. The standard InChI is InChI=1S/C20H20N4O2/c25-15-9-7-14(8-10-15)17-13-18(23-22-17)20(26)24-12-4-2-6-19(24)16-5-1-3-11-21-16/h1,3,5,7-11,13,19,25H,2,4,6,12H2,(H,22,23)/t19-/m0/s1. The van der Waals surface area contributed by atoms with Gasteiger partial charge in [-0.15, -0.1) is 0 Å². The topological polar surface area (TPSA) is 82.1 Å². The van der Waals surface area contributed by atoms with Crippen molar-refractivity contribution in [2.24, 2.45) is 0 Å². The van der Waals surface area contributed by atoms with Gasteiger partial charge in [0.15, 0.2) is 0 Å². The third kappa shape index (κ3) is 3.18. The summed E-state index contributed by atoms with van der Waals surface area (Å²) in [5.74, 6) is 0.144. The van der Waals surface area contributed by atoms with Crippen LogP contribution in [0.1, 0.15) is 41.5 Å². The number of carbonyl (C=O) groups is 1.